The molecule has 1 aliphatic rings. The number of likely N-dealkylation sites (N-methyl/N-ethyl adjacent to an activating group) is 1. The van der Waals surface area contributed by atoms with Gasteiger partial charge in [0.15, 0.2) is 0 Å². The Morgan fingerprint density at radius 1 is 1.44 bits per heavy atom. The van der Waals surface area contributed by atoms with Crippen molar-refractivity contribution in [2.75, 3.05) is 39.8 Å². The topological polar surface area (TPSA) is 35.6 Å². The Bertz CT molecular complexity index is 257. The van der Waals surface area contributed by atoms with Crippen LogP contribution in [0.5, 0.6) is 0 Å². The molecule has 0 aromatic heterocycles. The fourth-order valence-electron chi connectivity index (χ4n) is 2.50. The van der Waals surface area contributed by atoms with Crippen LogP contribution in [0.15, 0.2) is 0 Å². The Balaban J connectivity index is 2.34. The van der Waals surface area contributed by atoms with Crippen LogP contribution in [0.25, 0.3) is 0 Å². The fraction of sp³-hybridized carbons (Fsp3) is 0.929. The maximum atomic E-state index is 11.9. The molecule has 0 bridgehead atoms. The van der Waals surface area contributed by atoms with Crippen LogP contribution in [0.1, 0.15) is 33.6 Å². The minimum atomic E-state index is 0.240. The Morgan fingerprint density at radius 2 is 2.17 bits per heavy atom. The van der Waals surface area contributed by atoms with E-state index in [1.165, 1.54) is 6.42 Å². The van der Waals surface area contributed by atoms with Gasteiger partial charge in [0.2, 0.25) is 5.91 Å². The third-order valence-corrected chi connectivity index (χ3v) is 3.90. The van der Waals surface area contributed by atoms with E-state index in [1.807, 2.05) is 14.0 Å². The molecule has 106 valence electrons. The van der Waals surface area contributed by atoms with Crippen LogP contribution in [-0.4, -0.2) is 61.5 Å². The Kier molecular flexibility index (Phi) is 6.65. The second kappa shape index (κ2) is 7.74. The van der Waals surface area contributed by atoms with Crippen LogP contribution in [0.3, 0.4) is 0 Å². The highest BCUT2D eigenvalue weighted by Gasteiger charge is 2.26. The predicted molar refractivity (Wildman–Crippen MR) is 75.6 cm³/mol. The van der Waals surface area contributed by atoms with Gasteiger partial charge in [-0.3, -0.25) is 9.69 Å². The van der Waals surface area contributed by atoms with Gasteiger partial charge in [0.1, 0.15) is 0 Å². The first-order valence-corrected chi connectivity index (χ1v) is 7.28. The summed E-state index contributed by atoms with van der Waals surface area (Å²) in [6.07, 6.45) is 2.34. The zero-order valence-electron chi connectivity index (χ0n) is 12.4. The molecule has 0 saturated carbocycles. The number of rotatable bonds is 6. The molecule has 0 aromatic carbocycles. The minimum Gasteiger partial charge on any atom is -0.345 e. The van der Waals surface area contributed by atoms with Crippen molar-refractivity contribution >= 4 is 5.91 Å². The van der Waals surface area contributed by atoms with Crippen molar-refractivity contribution < 1.29 is 4.79 Å². The summed E-state index contributed by atoms with van der Waals surface area (Å²) in [5.74, 6) is 0.870. The molecule has 0 aromatic rings. The number of hydrogen-bond donors (Lipinski definition) is 1. The molecular formula is C14H29N3O. The number of carbonyl (C=O) groups excluding carboxylic acids is 1. The summed E-state index contributed by atoms with van der Waals surface area (Å²) in [5, 5.41) is 3.61. The zero-order valence-corrected chi connectivity index (χ0v) is 12.4. The second-order valence-corrected chi connectivity index (χ2v) is 5.47. The average molecular weight is 255 g/mol. The number of likely N-dealkylation sites (tertiary alicyclic amines) is 1. The van der Waals surface area contributed by atoms with E-state index in [2.05, 4.69) is 24.1 Å². The van der Waals surface area contributed by atoms with Gasteiger partial charge in [-0.05, 0) is 32.2 Å². The first-order chi connectivity index (χ1) is 8.58. The summed E-state index contributed by atoms with van der Waals surface area (Å²) in [5.41, 5.74) is 0. The monoisotopic (exact) mass is 255 g/mol. The van der Waals surface area contributed by atoms with Crippen LogP contribution in [0.2, 0.25) is 0 Å². The molecule has 1 heterocycles. The molecule has 2 atom stereocenters. The van der Waals surface area contributed by atoms with Gasteiger partial charge in [0.25, 0.3) is 0 Å². The lowest BCUT2D eigenvalue weighted by Gasteiger charge is -2.37. The first-order valence-electron chi connectivity index (χ1n) is 7.28. The van der Waals surface area contributed by atoms with E-state index in [0.29, 0.717) is 18.5 Å². The summed E-state index contributed by atoms with van der Waals surface area (Å²) in [6, 6.07) is 0.625. The molecule has 1 fully saturated rings. The standard InChI is InChI=1S/C14H29N3O/c1-5-8-15-13-7-9-17(10-12(13)3)11-14(18)16(4)6-2/h12-13,15H,5-11H2,1-4H3. The number of carbonyl (C=O) groups is 1. The van der Waals surface area contributed by atoms with E-state index in [1.54, 1.807) is 4.90 Å². The van der Waals surface area contributed by atoms with Gasteiger partial charge in [-0.15, -0.1) is 0 Å². The minimum absolute atomic E-state index is 0.240. The molecule has 1 amide bonds. The third kappa shape index (κ3) is 4.58. The number of hydrogen-bond acceptors (Lipinski definition) is 3. The lowest BCUT2D eigenvalue weighted by Crippen LogP contribution is -2.50. The average Bonchev–Trinajstić information content (AvgIpc) is 2.36. The Labute approximate surface area is 112 Å². The molecule has 0 spiro atoms. The third-order valence-electron chi connectivity index (χ3n) is 3.90. The van der Waals surface area contributed by atoms with Gasteiger partial charge < -0.3 is 10.2 Å². The lowest BCUT2D eigenvalue weighted by atomic mass is 9.93. The molecule has 1 saturated heterocycles. The van der Waals surface area contributed by atoms with Crippen LogP contribution in [0, 0.1) is 5.92 Å². The molecule has 1 aliphatic heterocycles. The van der Waals surface area contributed by atoms with Gasteiger partial charge in [-0.25, -0.2) is 0 Å². The smallest absolute Gasteiger partial charge is 0.236 e. The summed E-state index contributed by atoms with van der Waals surface area (Å²) in [7, 11) is 1.88. The zero-order chi connectivity index (χ0) is 13.5. The highest BCUT2D eigenvalue weighted by Crippen LogP contribution is 2.16. The van der Waals surface area contributed by atoms with E-state index >= 15 is 0 Å². The van der Waals surface area contributed by atoms with Crippen molar-refractivity contribution in [2.45, 2.75) is 39.7 Å². The van der Waals surface area contributed by atoms with Gasteiger partial charge in [-0.1, -0.05) is 13.8 Å². The van der Waals surface area contributed by atoms with Crippen molar-refractivity contribution in [3.05, 3.63) is 0 Å². The number of amides is 1. The van der Waals surface area contributed by atoms with E-state index < -0.39 is 0 Å². The van der Waals surface area contributed by atoms with Crippen LogP contribution in [-0.2, 0) is 4.79 Å². The van der Waals surface area contributed by atoms with Gasteiger partial charge >= 0.3 is 0 Å². The predicted octanol–water partition coefficient (Wildman–Crippen LogP) is 1.17. The highest BCUT2D eigenvalue weighted by molar-refractivity contribution is 5.77. The summed E-state index contributed by atoms with van der Waals surface area (Å²) < 4.78 is 0. The maximum Gasteiger partial charge on any atom is 0.236 e. The maximum absolute atomic E-state index is 11.9. The molecule has 18 heavy (non-hydrogen) atoms. The summed E-state index contributed by atoms with van der Waals surface area (Å²) >= 11 is 0. The molecule has 2 unspecified atom stereocenters. The van der Waals surface area contributed by atoms with Gasteiger partial charge in [0.05, 0.1) is 6.54 Å². The normalized spacial score (nSPS) is 25.1. The lowest BCUT2D eigenvalue weighted by molar-refractivity contribution is -0.131. The van der Waals surface area contributed by atoms with E-state index in [4.69, 9.17) is 0 Å². The summed E-state index contributed by atoms with van der Waals surface area (Å²) in [6.45, 7) is 11.0. The molecule has 1 rings (SSSR count). The summed E-state index contributed by atoms with van der Waals surface area (Å²) in [4.78, 5) is 16.0. The van der Waals surface area contributed by atoms with Crippen molar-refractivity contribution in [1.29, 1.82) is 0 Å². The van der Waals surface area contributed by atoms with Crippen molar-refractivity contribution in [2.24, 2.45) is 5.92 Å². The molecular weight excluding hydrogens is 226 g/mol. The fourth-order valence-corrected chi connectivity index (χ4v) is 2.50. The molecule has 4 heteroatoms. The van der Waals surface area contributed by atoms with E-state index in [-0.39, 0.29) is 5.91 Å². The molecule has 0 aliphatic carbocycles. The van der Waals surface area contributed by atoms with E-state index in [9.17, 15) is 4.79 Å². The van der Waals surface area contributed by atoms with E-state index in [0.717, 1.165) is 32.6 Å². The highest BCUT2D eigenvalue weighted by atomic mass is 16.2. The number of nitrogens with zero attached hydrogens (tertiary/aromatic N) is 2. The SMILES string of the molecule is CCCNC1CCN(CC(=O)N(C)CC)CC1C. The number of nitrogens with one attached hydrogen (secondary N) is 1. The van der Waals surface area contributed by atoms with Crippen LogP contribution < -0.4 is 5.32 Å². The number of piperidine rings is 1. The largest absolute Gasteiger partial charge is 0.345 e. The van der Waals surface area contributed by atoms with Gasteiger partial charge in [-0.2, -0.15) is 0 Å². The quantitative estimate of drug-likeness (QED) is 0.774. The molecule has 0 radical (unpaired) electrons. The van der Waals surface area contributed by atoms with Crippen molar-refractivity contribution in [3.8, 4) is 0 Å². The van der Waals surface area contributed by atoms with Crippen molar-refractivity contribution in [1.82, 2.24) is 15.1 Å². The van der Waals surface area contributed by atoms with Crippen LogP contribution in [0.4, 0.5) is 0 Å². The van der Waals surface area contributed by atoms with Crippen LogP contribution >= 0.6 is 0 Å². The Morgan fingerprint density at radius 3 is 2.72 bits per heavy atom. The van der Waals surface area contributed by atoms with Crippen molar-refractivity contribution in [3.63, 3.8) is 0 Å². The van der Waals surface area contributed by atoms with Gasteiger partial charge in [0, 0.05) is 32.7 Å². The second-order valence-electron chi connectivity index (χ2n) is 5.47. The molecule has 4 nitrogen and oxygen atoms in total. The molecule has 1 N–H and O–H groups in total. The first kappa shape index (κ1) is 15.4. The Hall–Kier alpha value is -0.610.